The second-order valence-corrected chi connectivity index (χ2v) is 14.7. The molecular formula is C18H12AsSb. The molecule has 0 amide bonds. The SMILES string of the molecule is [CH]1=CC2=C([As]=[Sb]1)C1c3ccccc3C2c2ccccc21. The Kier molecular flexibility index (Phi) is 2.61. The Morgan fingerprint density at radius 3 is 1.90 bits per heavy atom. The van der Waals surface area contributed by atoms with Gasteiger partial charge in [-0.1, -0.05) is 0 Å². The van der Waals surface area contributed by atoms with Crippen LogP contribution in [0.4, 0.5) is 0 Å². The Hall–Kier alpha value is -0.703. The predicted molar refractivity (Wildman–Crippen MR) is 84.2 cm³/mol. The number of hydrogen-bond donors (Lipinski definition) is 0. The summed E-state index contributed by atoms with van der Waals surface area (Å²) < 4.78 is 4.38. The zero-order chi connectivity index (χ0) is 13.1. The average molecular weight is 425 g/mol. The summed E-state index contributed by atoms with van der Waals surface area (Å²) in [6, 6.07) is 18.3. The van der Waals surface area contributed by atoms with Crippen molar-refractivity contribution in [3.63, 3.8) is 0 Å². The molecule has 0 spiro atoms. The third kappa shape index (κ3) is 1.45. The normalized spacial score (nSPS) is 25.2. The van der Waals surface area contributed by atoms with Gasteiger partial charge in [-0.25, -0.2) is 0 Å². The molecule has 4 aliphatic rings. The fraction of sp³-hybridized carbons (Fsp3) is 0.111. The summed E-state index contributed by atoms with van der Waals surface area (Å²) in [6.07, 6.45) is 2.48. The van der Waals surface area contributed by atoms with Gasteiger partial charge in [-0.05, 0) is 0 Å². The van der Waals surface area contributed by atoms with Crippen LogP contribution in [0.25, 0.3) is 0 Å². The van der Waals surface area contributed by atoms with Crippen LogP contribution in [-0.4, -0.2) is 30.2 Å². The molecule has 1 aliphatic heterocycles. The van der Waals surface area contributed by atoms with Gasteiger partial charge in [0.25, 0.3) is 0 Å². The summed E-state index contributed by atoms with van der Waals surface area (Å²) >= 11 is 0.463. The van der Waals surface area contributed by atoms with Gasteiger partial charge in [0, 0.05) is 0 Å². The molecular weight excluding hydrogens is 413 g/mol. The number of rotatable bonds is 0. The van der Waals surface area contributed by atoms with Gasteiger partial charge in [-0.3, -0.25) is 0 Å². The van der Waals surface area contributed by atoms with Gasteiger partial charge >= 0.3 is 133 Å². The van der Waals surface area contributed by atoms with Gasteiger partial charge in [0.1, 0.15) is 0 Å². The van der Waals surface area contributed by atoms with E-state index in [1.807, 2.05) is 4.36 Å². The van der Waals surface area contributed by atoms with Crippen LogP contribution in [0.5, 0.6) is 0 Å². The fourth-order valence-corrected chi connectivity index (χ4v) is 13.6. The third-order valence-corrected chi connectivity index (χ3v) is 14.0. The molecule has 2 bridgehead atoms. The molecule has 94 valence electrons. The Labute approximate surface area is 132 Å². The number of allylic oxidation sites excluding steroid dienone is 3. The van der Waals surface area contributed by atoms with E-state index in [1.165, 1.54) is 0 Å². The maximum absolute atomic E-state index is 2.54. The van der Waals surface area contributed by atoms with Crippen molar-refractivity contribution in [2.24, 2.45) is 0 Å². The molecule has 0 fully saturated rings. The summed E-state index contributed by atoms with van der Waals surface area (Å²) in [5, 5.41) is 0. The zero-order valence-corrected chi connectivity index (χ0v) is 15.3. The molecule has 2 aromatic rings. The summed E-state index contributed by atoms with van der Waals surface area (Å²) in [6.45, 7) is 0. The van der Waals surface area contributed by atoms with Crippen molar-refractivity contribution >= 4 is 30.2 Å². The van der Waals surface area contributed by atoms with E-state index in [0.29, 0.717) is 23.6 Å². The summed E-state index contributed by atoms with van der Waals surface area (Å²) in [4.78, 5) is 0. The van der Waals surface area contributed by atoms with Crippen LogP contribution in [0.2, 0.25) is 0 Å². The first-order valence-corrected chi connectivity index (χ1v) is 16.1. The quantitative estimate of drug-likeness (QED) is 0.569. The van der Waals surface area contributed by atoms with Crippen molar-refractivity contribution in [1.82, 2.24) is 0 Å². The second kappa shape index (κ2) is 4.39. The molecule has 0 N–H and O–H groups in total. The molecule has 0 atom stereocenters. The molecule has 3 aliphatic carbocycles. The van der Waals surface area contributed by atoms with Crippen molar-refractivity contribution < 1.29 is 0 Å². The Morgan fingerprint density at radius 2 is 1.30 bits per heavy atom. The molecule has 2 aromatic carbocycles. The molecule has 0 radical (unpaired) electrons. The summed E-state index contributed by atoms with van der Waals surface area (Å²) in [5.41, 5.74) is 7.97. The minimum absolute atomic E-state index is 0.0202. The second-order valence-electron chi connectivity index (χ2n) is 5.50. The van der Waals surface area contributed by atoms with Crippen LogP contribution in [0.3, 0.4) is 0 Å². The standard InChI is InChI=1S/C18H12As.Sb/c1-2-11-16-12-7-3-5-9-14(12)17(18(11)19)15-10-6-4-8-13(15)16;/h1-10,16-17H;. The predicted octanol–water partition coefficient (Wildman–Crippen LogP) is 3.38. The molecule has 0 unspecified atom stereocenters. The minimum atomic E-state index is -0.0202. The van der Waals surface area contributed by atoms with E-state index in [9.17, 15) is 0 Å². The van der Waals surface area contributed by atoms with Gasteiger partial charge in [-0.15, -0.1) is 0 Å². The van der Waals surface area contributed by atoms with Crippen molar-refractivity contribution in [3.8, 4) is 0 Å². The Balaban J connectivity index is 1.91. The van der Waals surface area contributed by atoms with Gasteiger partial charge in [0.2, 0.25) is 0 Å². The molecule has 1 heterocycles. The van der Waals surface area contributed by atoms with E-state index in [4.69, 9.17) is 0 Å². The van der Waals surface area contributed by atoms with Gasteiger partial charge in [0.15, 0.2) is 0 Å². The van der Waals surface area contributed by atoms with E-state index in [2.05, 4.69) is 58.6 Å². The molecule has 2 heteroatoms. The Bertz CT molecular complexity index is 713. The molecule has 0 nitrogen and oxygen atoms in total. The van der Waals surface area contributed by atoms with E-state index in [0.717, 1.165) is 0 Å². The fourth-order valence-electron chi connectivity index (χ4n) is 3.86. The third-order valence-electron chi connectivity index (χ3n) is 4.60. The number of benzene rings is 2. The Morgan fingerprint density at radius 1 is 0.750 bits per heavy atom. The summed E-state index contributed by atoms with van der Waals surface area (Å²) in [5.74, 6) is 1.10. The first-order chi connectivity index (χ1) is 9.95. The van der Waals surface area contributed by atoms with Crippen molar-refractivity contribution in [2.75, 3.05) is 0 Å². The molecule has 20 heavy (non-hydrogen) atoms. The van der Waals surface area contributed by atoms with Crippen LogP contribution in [0.1, 0.15) is 34.1 Å². The van der Waals surface area contributed by atoms with Crippen LogP contribution >= 0.6 is 0 Å². The first kappa shape index (κ1) is 11.9. The van der Waals surface area contributed by atoms with Crippen molar-refractivity contribution in [2.45, 2.75) is 11.8 Å². The summed E-state index contributed by atoms with van der Waals surface area (Å²) in [7, 11) is 0. The molecule has 0 saturated heterocycles. The van der Waals surface area contributed by atoms with E-state index in [1.54, 1.807) is 27.8 Å². The van der Waals surface area contributed by atoms with Crippen molar-refractivity contribution in [1.29, 1.82) is 0 Å². The van der Waals surface area contributed by atoms with Crippen LogP contribution in [0.15, 0.2) is 68.6 Å². The van der Waals surface area contributed by atoms with Crippen LogP contribution < -0.4 is 0 Å². The topological polar surface area (TPSA) is 0 Å². The van der Waals surface area contributed by atoms with Crippen LogP contribution in [0, 0.1) is 0 Å². The first-order valence-electron chi connectivity index (χ1n) is 6.94. The van der Waals surface area contributed by atoms with Gasteiger partial charge in [0.05, 0.1) is 0 Å². The van der Waals surface area contributed by atoms with E-state index < -0.39 is 0 Å². The molecule has 6 rings (SSSR count). The number of hydrogen-bond acceptors (Lipinski definition) is 0. The molecule has 0 saturated carbocycles. The average Bonchev–Trinajstić information content (AvgIpc) is 2.54. The van der Waals surface area contributed by atoms with Gasteiger partial charge in [-0.2, -0.15) is 0 Å². The monoisotopic (exact) mass is 424 g/mol. The maximum atomic E-state index is 2.54. The van der Waals surface area contributed by atoms with E-state index in [-0.39, 0.29) is 18.5 Å². The van der Waals surface area contributed by atoms with E-state index >= 15 is 0 Å². The van der Waals surface area contributed by atoms with Crippen LogP contribution in [-0.2, 0) is 0 Å². The van der Waals surface area contributed by atoms with Crippen molar-refractivity contribution in [3.05, 3.63) is 90.8 Å². The zero-order valence-electron chi connectivity index (χ0n) is 10.8. The van der Waals surface area contributed by atoms with Gasteiger partial charge < -0.3 is 0 Å². The molecule has 0 aromatic heterocycles.